The minimum absolute atomic E-state index is 0.0222. The zero-order chi connectivity index (χ0) is 15.0. The third-order valence-corrected chi connectivity index (χ3v) is 4.85. The lowest BCUT2D eigenvalue weighted by Crippen LogP contribution is -2.33. The van der Waals surface area contributed by atoms with Crippen LogP contribution in [0.4, 0.5) is 0 Å². The van der Waals surface area contributed by atoms with E-state index in [2.05, 4.69) is 0 Å². The van der Waals surface area contributed by atoms with Gasteiger partial charge < -0.3 is 4.90 Å². The predicted molar refractivity (Wildman–Crippen MR) is 77.0 cm³/mol. The lowest BCUT2D eigenvalue weighted by Gasteiger charge is -2.34. The second-order valence-electron chi connectivity index (χ2n) is 6.19. The third kappa shape index (κ3) is 2.42. The minimum atomic E-state index is -0.491. The fourth-order valence-corrected chi connectivity index (χ4v) is 3.69. The van der Waals surface area contributed by atoms with Gasteiger partial charge in [0.2, 0.25) is 5.91 Å². The van der Waals surface area contributed by atoms with Crippen LogP contribution in [0.2, 0.25) is 0 Å². The fourth-order valence-electron chi connectivity index (χ4n) is 3.69. The average molecular weight is 288 g/mol. The number of carbonyl (C=O) groups is 2. The van der Waals surface area contributed by atoms with Gasteiger partial charge in [-0.25, -0.2) is 5.48 Å². The number of likely N-dealkylation sites (tertiary alicyclic amines) is 1. The number of rotatable bonds is 2. The first-order chi connectivity index (χ1) is 10.1. The van der Waals surface area contributed by atoms with Gasteiger partial charge in [0.1, 0.15) is 0 Å². The molecule has 2 N–H and O–H groups in total. The molecule has 1 heterocycles. The van der Waals surface area contributed by atoms with E-state index in [1.807, 2.05) is 24.0 Å². The van der Waals surface area contributed by atoms with Crippen LogP contribution in [0, 0.1) is 5.41 Å². The molecule has 1 aliphatic heterocycles. The Labute approximate surface area is 123 Å². The van der Waals surface area contributed by atoms with Crippen LogP contribution < -0.4 is 5.48 Å². The summed E-state index contributed by atoms with van der Waals surface area (Å²) in [5, 5.41) is 8.75. The molecule has 5 heteroatoms. The molecule has 1 aliphatic carbocycles. The number of hydrogen-bond acceptors (Lipinski definition) is 3. The summed E-state index contributed by atoms with van der Waals surface area (Å²) in [4.78, 5) is 25.5. The SMILES string of the molecule is CCN1C[C@]2(CCc3ccc(C(=O)NO)cc3C2)CC1=O. The van der Waals surface area contributed by atoms with E-state index in [0.717, 1.165) is 37.9 Å². The summed E-state index contributed by atoms with van der Waals surface area (Å²) in [5.41, 5.74) is 4.54. The van der Waals surface area contributed by atoms with Crippen LogP contribution in [0.25, 0.3) is 0 Å². The molecule has 112 valence electrons. The molecule has 1 saturated heterocycles. The van der Waals surface area contributed by atoms with Crippen molar-refractivity contribution in [2.75, 3.05) is 13.1 Å². The minimum Gasteiger partial charge on any atom is -0.342 e. The lowest BCUT2D eigenvalue weighted by molar-refractivity contribution is -0.127. The average Bonchev–Trinajstić information content (AvgIpc) is 2.81. The van der Waals surface area contributed by atoms with Crippen LogP contribution >= 0.6 is 0 Å². The van der Waals surface area contributed by atoms with Crippen molar-refractivity contribution in [3.05, 3.63) is 34.9 Å². The van der Waals surface area contributed by atoms with E-state index in [-0.39, 0.29) is 11.3 Å². The van der Waals surface area contributed by atoms with Gasteiger partial charge in [0.05, 0.1) is 0 Å². The van der Waals surface area contributed by atoms with Crippen LogP contribution in [0.15, 0.2) is 18.2 Å². The van der Waals surface area contributed by atoms with Crippen LogP contribution in [0.3, 0.4) is 0 Å². The highest BCUT2D eigenvalue weighted by Crippen LogP contribution is 2.43. The smallest absolute Gasteiger partial charge is 0.274 e. The molecule has 0 radical (unpaired) electrons. The summed E-state index contributed by atoms with van der Waals surface area (Å²) in [6, 6.07) is 5.54. The molecule has 2 amide bonds. The Hall–Kier alpha value is -1.88. The van der Waals surface area contributed by atoms with Crippen molar-refractivity contribution >= 4 is 11.8 Å². The van der Waals surface area contributed by atoms with Gasteiger partial charge in [-0.05, 0) is 49.4 Å². The monoisotopic (exact) mass is 288 g/mol. The summed E-state index contributed by atoms with van der Waals surface area (Å²) < 4.78 is 0. The highest BCUT2D eigenvalue weighted by atomic mass is 16.5. The molecule has 1 fully saturated rings. The second-order valence-corrected chi connectivity index (χ2v) is 6.19. The van der Waals surface area contributed by atoms with Crippen molar-refractivity contribution in [1.29, 1.82) is 0 Å². The lowest BCUT2D eigenvalue weighted by atomic mass is 9.70. The first-order valence-electron chi connectivity index (χ1n) is 7.41. The Balaban J connectivity index is 1.88. The number of benzene rings is 1. The van der Waals surface area contributed by atoms with Gasteiger partial charge in [0.25, 0.3) is 5.91 Å². The van der Waals surface area contributed by atoms with Crippen molar-refractivity contribution in [2.24, 2.45) is 5.41 Å². The molecule has 0 aromatic heterocycles. The maximum absolute atomic E-state index is 12.0. The number of hydrogen-bond donors (Lipinski definition) is 2. The molecule has 1 spiro atoms. The Morgan fingerprint density at radius 1 is 1.38 bits per heavy atom. The van der Waals surface area contributed by atoms with Crippen molar-refractivity contribution < 1.29 is 14.8 Å². The number of carbonyl (C=O) groups excluding carboxylic acids is 2. The quantitative estimate of drug-likeness (QED) is 0.640. The first kappa shape index (κ1) is 14.1. The number of fused-ring (bicyclic) bond motifs is 1. The van der Waals surface area contributed by atoms with E-state index in [9.17, 15) is 9.59 Å². The van der Waals surface area contributed by atoms with Gasteiger partial charge in [-0.15, -0.1) is 0 Å². The van der Waals surface area contributed by atoms with Crippen molar-refractivity contribution in [3.8, 4) is 0 Å². The third-order valence-electron chi connectivity index (χ3n) is 4.85. The highest BCUT2D eigenvalue weighted by Gasteiger charge is 2.44. The van der Waals surface area contributed by atoms with E-state index < -0.39 is 5.91 Å². The maximum Gasteiger partial charge on any atom is 0.274 e. The van der Waals surface area contributed by atoms with E-state index in [4.69, 9.17) is 5.21 Å². The number of nitrogens with zero attached hydrogens (tertiary/aromatic N) is 1. The molecule has 3 rings (SSSR count). The van der Waals surface area contributed by atoms with Gasteiger partial charge in [0, 0.05) is 30.5 Å². The van der Waals surface area contributed by atoms with Crippen LogP contribution in [0.1, 0.15) is 41.3 Å². The second kappa shape index (κ2) is 5.15. The van der Waals surface area contributed by atoms with Crippen LogP contribution in [-0.2, 0) is 17.6 Å². The summed E-state index contributed by atoms with van der Waals surface area (Å²) in [6.07, 6.45) is 3.41. The number of hydroxylamine groups is 1. The zero-order valence-electron chi connectivity index (χ0n) is 12.2. The first-order valence-corrected chi connectivity index (χ1v) is 7.41. The summed E-state index contributed by atoms with van der Waals surface area (Å²) >= 11 is 0. The van der Waals surface area contributed by atoms with Gasteiger partial charge in [0.15, 0.2) is 0 Å². The number of nitrogens with one attached hydrogen (secondary N) is 1. The van der Waals surface area contributed by atoms with E-state index in [0.29, 0.717) is 12.0 Å². The van der Waals surface area contributed by atoms with Gasteiger partial charge in [-0.3, -0.25) is 14.8 Å². The maximum atomic E-state index is 12.0. The molecule has 1 atom stereocenters. The summed E-state index contributed by atoms with van der Waals surface area (Å²) in [6.45, 7) is 3.59. The van der Waals surface area contributed by atoms with Gasteiger partial charge in [-0.2, -0.15) is 0 Å². The van der Waals surface area contributed by atoms with Gasteiger partial charge >= 0.3 is 0 Å². The topological polar surface area (TPSA) is 69.6 Å². The van der Waals surface area contributed by atoms with Crippen molar-refractivity contribution in [2.45, 2.75) is 32.6 Å². The molecule has 0 bridgehead atoms. The standard InChI is InChI=1S/C16H20N2O3/c1-2-18-10-16(9-14(18)19)6-5-11-3-4-12(15(20)17-21)7-13(11)8-16/h3-4,7,21H,2,5-6,8-10H2,1H3,(H,17,20)/t16-/m0/s1. The summed E-state index contributed by atoms with van der Waals surface area (Å²) in [5.74, 6) is -0.250. The molecular formula is C16H20N2O3. The van der Waals surface area contributed by atoms with Crippen molar-refractivity contribution in [3.63, 3.8) is 0 Å². The number of aryl methyl sites for hydroxylation is 1. The van der Waals surface area contributed by atoms with E-state index in [1.165, 1.54) is 5.56 Å². The largest absolute Gasteiger partial charge is 0.342 e. The molecule has 5 nitrogen and oxygen atoms in total. The van der Waals surface area contributed by atoms with E-state index >= 15 is 0 Å². The molecule has 0 unspecified atom stereocenters. The molecule has 1 aromatic rings. The molecule has 1 aromatic carbocycles. The Bertz CT molecular complexity index is 599. The number of amides is 2. The normalized spacial score (nSPS) is 24.3. The van der Waals surface area contributed by atoms with E-state index in [1.54, 1.807) is 11.5 Å². The molecular weight excluding hydrogens is 268 g/mol. The predicted octanol–water partition coefficient (Wildman–Crippen LogP) is 1.53. The zero-order valence-corrected chi connectivity index (χ0v) is 12.2. The molecule has 21 heavy (non-hydrogen) atoms. The fraction of sp³-hybridized carbons (Fsp3) is 0.500. The van der Waals surface area contributed by atoms with Gasteiger partial charge in [-0.1, -0.05) is 6.07 Å². The molecule has 0 saturated carbocycles. The molecule has 2 aliphatic rings. The Morgan fingerprint density at radius 2 is 2.19 bits per heavy atom. The van der Waals surface area contributed by atoms with Crippen LogP contribution in [0.5, 0.6) is 0 Å². The Morgan fingerprint density at radius 3 is 2.86 bits per heavy atom. The summed E-state index contributed by atoms with van der Waals surface area (Å²) in [7, 11) is 0. The van der Waals surface area contributed by atoms with Crippen LogP contribution in [-0.4, -0.2) is 35.0 Å². The Kier molecular flexibility index (Phi) is 3.45. The van der Waals surface area contributed by atoms with Crippen molar-refractivity contribution in [1.82, 2.24) is 10.4 Å². The highest BCUT2D eigenvalue weighted by molar-refractivity contribution is 5.93.